The molecule has 0 spiro atoms. The van der Waals surface area contributed by atoms with Crippen LogP contribution in [0.5, 0.6) is 0 Å². The van der Waals surface area contributed by atoms with Gasteiger partial charge in [0.2, 0.25) is 0 Å². The number of nitrogen functional groups attached to an aromatic ring is 1. The summed E-state index contributed by atoms with van der Waals surface area (Å²) in [5, 5.41) is 2.68. The SMILES string of the molecule is Nc1cnc(C(=O)NCCc2cccc(F)c2)cn1. The number of carbonyl (C=O) groups excluding carboxylic acids is 1. The highest BCUT2D eigenvalue weighted by atomic mass is 19.1. The number of amides is 1. The third kappa shape index (κ3) is 3.74. The molecule has 0 saturated heterocycles. The van der Waals surface area contributed by atoms with E-state index < -0.39 is 0 Å². The minimum atomic E-state index is -0.330. The lowest BCUT2D eigenvalue weighted by atomic mass is 10.1. The second-order valence-corrected chi connectivity index (χ2v) is 3.96. The zero-order valence-corrected chi connectivity index (χ0v) is 10.1. The highest BCUT2D eigenvalue weighted by Gasteiger charge is 2.06. The number of nitrogens with one attached hydrogen (secondary N) is 1. The Morgan fingerprint density at radius 1 is 1.32 bits per heavy atom. The predicted molar refractivity (Wildman–Crippen MR) is 68.9 cm³/mol. The molecule has 2 aromatic rings. The van der Waals surface area contributed by atoms with Gasteiger partial charge in [0.05, 0.1) is 12.4 Å². The molecule has 0 bridgehead atoms. The Morgan fingerprint density at radius 3 is 2.84 bits per heavy atom. The van der Waals surface area contributed by atoms with Crippen LogP contribution in [0.3, 0.4) is 0 Å². The molecule has 1 amide bonds. The van der Waals surface area contributed by atoms with Crippen LogP contribution in [0.4, 0.5) is 10.2 Å². The van der Waals surface area contributed by atoms with Gasteiger partial charge in [-0.15, -0.1) is 0 Å². The van der Waals surface area contributed by atoms with Crippen LogP contribution in [0.2, 0.25) is 0 Å². The summed E-state index contributed by atoms with van der Waals surface area (Å²) in [6.07, 6.45) is 3.18. The third-order valence-corrected chi connectivity index (χ3v) is 2.49. The van der Waals surface area contributed by atoms with Gasteiger partial charge in [0.1, 0.15) is 17.3 Å². The molecule has 0 aliphatic heterocycles. The average molecular weight is 260 g/mol. The van der Waals surface area contributed by atoms with E-state index in [9.17, 15) is 9.18 Å². The van der Waals surface area contributed by atoms with Gasteiger partial charge >= 0.3 is 0 Å². The summed E-state index contributed by atoms with van der Waals surface area (Å²) in [6, 6.07) is 6.26. The second-order valence-electron chi connectivity index (χ2n) is 3.96. The molecule has 5 nitrogen and oxygen atoms in total. The first-order chi connectivity index (χ1) is 9.15. The van der Waals surface area contributed by atoms with E-state index in [1.807, 2.05) is 0 Å². The summed E-state index contributed by atoms with van der Waals surface area (Å²) >= 11 is 0. The topological polar surface area (TPSA) is 80.9 Å². The largest absolute Gasteiger partial charge is 0.382 e. The van der Waals surface area contributed by atoms with Crippen LogP contribution in [0.15, 0.2) is 36.7 Å². The van der Waals surface area contributed by atoms with Crippen molar-refractivity contribution in [3.8, 4) is 0 Å². The molecule has 0 aliphatic carbocycles. The van der Waals surface area contributed by atoms with Crippen LogP contribution in [0.1, 0.15) is 16.1 Å². The number of nitrogens with two attached hydrogens (primary N) is 1. The maximum absolute atomic E-state index is 12.9. The van der Waals surface area contributed by atoms with E-state index in [0.29, 0.717) is 13.0 Å². The van der Waals surface area contributed by atoms with Gasteiger partial charge in [-0.2, -0.15) is 0 Å². The van der Waals surface area contributed by atoms with Gasteiger partial charge in [-0.25, -0.2) is 14.4 Å². The number of aromatic nitrogens is 2. The number of anilines is 1. The van der Waals surface area contributed by atoms with Crippen LogP contribution >= 0.6 is 0 Å². The molecule has 0 unspecified atom stereocenters. The van der Waals surface area contributed by atoms with Gasteiger partial charge in [0.15, 0.2) is 0 Å². The highest BCUT2D eigenvalue weighted by molar-refractivity contribution is 5.91. The number of nitrogens with zero attached hydrogens (tertiary/aromatic N) is 2. The molecule has 6 heteroatoms. The van der Waals surface area contributed by atoms with Gasteiger partial charge in [-0.1, -0.05) is 12.1 Å². The number of benzene rings is 1. The molecule has 0 atom stereocenters. The summed E-state index contributed by atoms with van der Waals surface area (Å²) in [4.78, 5) is 19.3. The molecule has 0 aliphatic rings. The van der Waals surface area contributed by atoms with E-state index in [2.05, 4.69) is 15.3 Å². The first kappa shape index (κ1) is 12.9. The zero-order valence-electron chi connectivity index (χ0n) is 10.1. The zero-order chi connectivity index (χ0) is 13.7. The van der Waals surface area contributed by atoms with Crippen molar-refractivity contribution in [3.05, 3.63) is 53.7 Å². The molecule has 1 aromatic heterocycles. The highest BCUT2D eigenvalue weighted by Crippen LogP contribution is 2.03. The smallest absolute Gasteiger partial charge is 0.271 e. The number of hydrogen-bond donors (Lipinski definition) is 2. The molecular formula is C13H13FN4O. The van der Waals surface area contributed by atoms with Gasteiger partial charge in [0.25, 0.3) is 5.91 Å². The van der Waals surface area contributed by atoms with Crippen LogP contribution in [0, 0.1) is 5.82 Å². The van der Waals surface area contributed by atoms with Crippen molar-refractivity contribution < 1.29 is 9.18 Å². The minimum Gasteiger partial charge on any atom is -0.382 e. The van der Waals surface area contributed by atoms with E-state index in [0.717, 1.165) is 5.56 Å². The Labute approximate surface area is 109 Å². The van der Waals surface area contributed by atoms with Crippen LogP contribution in [-0.4, -0.2) is 22.4 Å². The number of halogens is 1. The number of carbonyl (C=O) groups is 1. The molecule has 2 rings (SSSR count). The van der Waals surface area contributed by atoms with Crippen molar-refractivity contribution in [2.24, 2.45) is 0 Å². The maximum Gasteiger partial charge on any atom is 0.271 e. The Hall–Kier alpha value is -2.50. The molecule has 0 saturated carbocycles. The molecule has 19 heavy (non-hydrogen) atoms. The predicted octanol–water partition coefficient (Wildman–Crippen LogP) is 1.17. The maximum atomic E-state index is 12.9. The Balaban J connectivity index is 1.86. The first-order valence-corrected chi connectivity index (χ1v) is 5.75. The normalized spacial score (nSPS) is 10.2. The summed E-state index contributed by atoms with van der Waals surface area (Å²) in [5.41, 5.74) is 6.40. The fourth-order valence-corrected chi connectivity index (χ4v) is 1.56. The molecule has 98 valence electrons. The molecular weight excluding hydrogens is 247 g/mol. The quantitative estimate of drug-likeness (QED) is 0.864. The van der Waals surface area contributed by atoms with Crippen molar-refractivity contribution in [2.75, 3.05) is 12.3 Å². The number of hydrogen-bond acceptors (Lipinski definition) is 4. The Morgan fingerprint density at radius 2 is 2.16 bits per heavy atom. The minimum absolute atomic E-state index is 0.202. The Bertz CT molecular complexity index is 571. The lowest BCUT2D eigenvalue weighted by molar-refractivity contribution is 0.0949. The monoisotopic (exact) mass is 260 g/mol. The average Bonchev–Trinajstić information content (AvgIpc) is 2.39. The van der Waals surface area contributed by atoms with Gasteiger partial charge in [-0.3, -0.25) is 4.79 Å². The first-order valence-electron chi connectivity index (χ1n) is 5.75. The van der Waals surface area contributed by atoms with Crippen molar-refractivity contribution in [1.82, 2.24) is 15.3 Å². The molecule has 0 fully saturated rings. The van der Waals surface area contributed by atoms with Gasteiger partial charge in [0, 0.05) is 6.54 Å². The molecule has 1 heterocycles. The van der Waals surface area contributed by atoms with Crippen LogP contribution < -0.4 is 11.1 Å². The Kier molecular flexibility index (Phi) is 4.02. The second kappa shape index (κ2) is 5.90. The lowest BCUT2D eigenvalue weighted by Gasteiger charge is -2.05. The molecule has 3 N–H and O–H groups in total. The summed E-state index contributed by atoms with van der Waals surface area (Å²) in [5.74, 6) is -0.353. The van der Waals surface area contributed by atoms with E-state index in [-0.39, 0.29) is 23.2 Å². The fraction of sp³-hybridized carbons (Fsp3) is 0.154. The number of rotatable bonds is 4. The van der Waals surface area contributed by atoms with Crippen LogP contribution in [0.25, 0.3) is 0 Å². The van der Waals surface area contributed by atoms with Crippen LogP contribution in [-0.2, 0) is 6.42 Å². The fourth-order valence-electron chi connectivity index (χ4n) is 1.56. The van der Waals surface area contributed by atoms with E-state index >= 15 is 0 Å². The van der Waals surface area contributed by atoms with Gasteiger partial charge in [-0.05, 0) is 24.1 Å². The van der Waals surface area contributed by atoms with E-state index in [4.69, 9.17) is 5.73 Å². The van der Waals surface area contributed by atoms with Gasteiger partial charge < -0.3 is 11.1 Å². The van der Waals surface area contributed by atoms with E-state index in [1.54, 1.807) is 12.1 Å². The molecule has 1 aromatic carbocycles. The standard InChI is InChI=1S/C13H13FN4O/c14-10-3-1-2-9(6-10)4-5-16-13(19)11-7-18-12(15)8-17-11/h1-3,6-8H,4-5H2,(H2,15,18)(H,16,19). The lowest BCUT2D eigenvalue weighted by Crippen LogP contribution is -2.26. The summed E-state index contributed by atoms with van der Waals surface area (Å²) in [6.45, 7) is 0.397. The third-order valence-electron chi connectivity index (χ3n) is 2.49. The summed E-state index contributed by atoms with van der Waals surface area (Å²) < 4.78 is 12.9. The van der Waals surface area contributed by atoms with E-state index in [1.165, 1.54) is 24.5 Å². The van der Waals surface area contributed by atoms with Crippen molar-refractivity contribution in [2.45, 2.75) is 6.42 Å². The summed E-state index contributed by atoms with van der Waals surface area (Å²) in [7, 11) is 0. The van der Waals surface area contributed by atoms with Crippen molar-refractivity contribution in [1.29, 1.82) is 0 Å². The van der Waals surface area contributed by atoms with Crippen molar-refractivity contribution in [3.63, 3.8) is 0 Å². The van der Waals surface area contributed by atoms with Crippen molar-refractivity contribution >= 4 is 11.7 Å². The molecule has 0 radical (unpaired) electrons.